The summed E-state index contributed by atoms with van der Waals surface area (Å²) in [5.74, 6) is -2.38. The molecule has 1 aromatic heterocycles. The van der Waals surface area contributed by atoms with Crippen molar-refractivity contribution in [1.29, 1.82) is 0 Å². The maximum atomic E-state index is 14.2. The average molecular weight is 424 g/mol. The van der Waals surface area contributed by atoms with E-state index in [4.69, 9.17) is 9.47 Å². The Morgan fingerprint density at radius 1 is 0.897 bits per heavy atom. The van der Waals surface area contributed by atoms with Crippen molar-refractivity contribution in [3.05, 3.63) is 77.5 Å². The first-order chi connectivity index (χ1) is 13.9. The second kappa shape index (κ2) is 9.04. The maximum Gasteiger partial charge on any atom is 0.144 e. The number of ether oxygens (including phenoxy) is 2. The molecule has 3 aromatic rings. The number of halogens is 4. The van der Waals surface area contributed by atoms with Gasteiger partial charge in [-0.15, -0.1) is 0 Å². The Labute approximate surface area is 169 Å². The Bertz CT molecular complexity index is 979. The molecule has 0 fully saturated rings. The molecule has 2 aromatic carbocycles. The summed E-state index contributed by atoms with van der Waals surface area (Å²) in [4.78, 5) is 3.57. The van der Waals surface area contributed by atoms with Crippen molar-refractivity contribution >= 4 is 17.8 Å². The fraction of sp³-hybridized carbons (Fsp3) is 0.150. The van der Waals surface area contributed by atoms with Gasteiger partial charge < -0.3 is 9.47 Å². The van der Waals surface area contributed by atoms with Crippen molar-refractivity contribution in [1.82, 2.24) is 4.98 Å². The molecule has 4 nitrogen and oxygen atoms in total. The third-order valence-electron chi connectivity index (χ3n) is 3.94. The minimum absolute atomic E-state index is 0.104. The number of hydrogen-bond acceptors (Lipinski definition) is 5. The minimum Gasteiger partial charge on any atom is -0.497 e. The van der Waals surface area contributed by atoms with E-state index in [0.717, 1.165) is 6.20 Å². The summed E-state index contributed by atoms with van der Waals surface area (Å²) in [5, 5.41) is 0. The first kappa shape index (κ1) is 20.8. The van der Waals surface area contributed by atoms with Crippen LogP contribution in [-0.2, 0) is 6.54 Å². The number of hydrogen-bond donors (Lipinski definition) is 0. The Kier molecular flexibility index (Phi) is 6.48. The topological polar surface area (TPSA) is 34.6 Å². The predicted molar refractivity (Wildman–Crippen MR) is 102 cm³/mol. The second-order valence-corrected chi connectivity index (χ2v) is 6.87. The molecule has 0 spiro atoms. The predicted octanol–water partition coefficient (Wildman–Crippen LogP) is 5.37. The molecule has 3 rings (SSSR count). The summed E-state index contributed by atoms with van der Waals surface area (Å²) in [7, 11) is 2.99. The Morgan fingerprint density at radius 3 is 2.21 bits per heavy atom. The number of rotatable bonds is 7. The molecule has 0 bridgehead atoms. The van der Waals surface area contributed by atoms with Gasteiger partial charge in [0.2, 0.25) is 0 Å². The fourth-order valence-electron chi connectivity index (χ4n) is 2.54. The van der Waals surface area contributed by atoms with Crippen molar-refractivity contribution in [2.75, 3.05) is 18.5 Å². The summed E-state index contributed by atoms with van der Waals surface area (Å²) in [6.07, 6.45) is 0.992. The van der Waals surface area contributed by atoms with E-state index in [1.807, 2.05) is 0 Å². The van der Waals surface area contributed by atoms with E-state index < -0.39 is 28.2 Å². The van der Waals surface area contributed by atoms with Crippen LogP contribution < -0.4 is 13.8 Å². The lowest BCUT2D eigenvalue weighted by Crippen LogP contribution is -2.17. The minimum atomic E-state index is -1.05. The third kappa shape index (κ3) is 4.92. The monoisotopic (exact) mass is 424 g/mol. The Balaban J connectivity index is 2.00. The molecule has 0 unspecified atom stereocenters. The van der Waals surface area contributed by atoms with Gasteiger partial charge in [-0.1, -0.05) is 0 Å². The lowest BCUT2D eigenvalue weighted by molar-refractivity contribution is 0.391. The zero-order valence-electron chi connectivity index (χ0n) is 15.5. The van der Waals surface area contributed by atoms with Crippen molar-refractivity contribution < 1.29 is 27.0 Å². The van der Waals surface area contributed by atoms with Crippen LogP contribution in [0.4, 0.5) is 23.4 Å². The molecule has 0 amide bonds. The largest absolute Gasteiger partial charge is 0.497 e. The quantitative estimate of drug-likeness (QED) is 0.376. The highest BCUT2D eigenvalue weighted by molar-refractivity contribution is 8.00. The van der Waals surface area contributed by atoms with Crippen LogP contribution >= 0.6 is 11.9 Å². The average Bonchev–Trinajstić information content (AvgIpc) is 2.70. The van der Waals surface area contributed by atoms with E-state index in [1.165, 1.54) is 30.7 Å². The normalized spacial score (nSPS) is 10.7. The molecule has 29 heavy (non-hydrogen) atoms. The maximum absolute atomic E-state index is 14.2. The van der Waals surface area contributed by atoms with Gasteiger partial charge in [-0.25, -0.2) is 22.5 Å². The Morgan fingerprint density at radius 2 is 1.62 bits per heavy atom. The SMILES string of the molecule is COc1ccc(CN(Sc2c(F)cc(F)cc2F)c2ccc(F)cn2)c(OC)c1. The highest BCUT2D eigenvalue weighted by Gasteiger charge is 2.20. The van der Waals surface area contributed by atoms with Gasteiger partial charge in [-0.2, -0.15) is 0 Å². The van der Waals surface area contributed by atoms with Crippen molar-refractivity contribution in [2.24, 2.45) is 0 Å². The number of anilines is 1. The molecule has 0 N–H and O–H groups in total. The molecule has 0 radical (unpaired) electrons. The number of benzene rings is 2. The number of aromatic nitrogens is 1. The van der Waals surface area contributed by atoms with E-state index >= 15 is 0 Å². The zero-order valence-corrected chi connectivity index (χ0v) is 16.3. The highest BCUT2D eigenvalue weighted by atomic mass is 32.2. The third-order valence-corrected chi connectivity index (χ3v) is 5.05. The summed E-state index contributed by atoms with van der Waals surface area (Å²) >= 11 is 0.679. The van der Waals surface area contributed by atoms with Crippen LogP contribution in [0.15, 0.2) is 53.6 Å². The standard InChI is InChI=1S/C20H16F4N2O2S/c1-27-15-5-3-12(18(9-15)28-2)11-26(19-6-4-13(21)10-25-19)29-20-16(23)7-14(22)8-17(20)24/h3-10H,11H2,1-2H3. The smallest absolute Gasteiger partial charge is 0.144 e. The Hall–Kier alpha value is -2.94. The van der Waals surface area contributed by atoms with E-state index in [2.05, 4.69) is 4.98 Å². The summed E-state index contributed by atoms with van der Waals surface area (Å²) < 4.78 is 66.9. The molecule has 0 atom stereocenters. The molecule has 0 aliphatic heterocycles. The van der Waals surface area contributed by atoms with Crippen LogP contribution in [0.3, 0.4) is 0 Å². The van der Waals surface area contributed by atoms with Gasteiger partial charge >= 0.3 is 0 Å². The molecule has 0 saturated heterocycles. The first-order valence-electron chi connectivity index (χ1n) is 8.33. The number of nitrogens with zero attached hydrogens (tertiary/aromatic N) is 2. The molecule has 0 aliphatic rings. The van der Waals surface area contributed by atoms with Crippen LogP contribution in [0.5, 0.6) is 11.5 Å². The molecular formula is C20H16F4N2O2S. The van der Waals surface area contributed by atoms with E-state index in [9.17, 15) is 17.6 Å². The lowest BCUT2D eigenvalue weighted by atomic mass is 10.2. The van der Waals surface area contributed by atoms with Crippen molar-refractivity contribution in [3.8, 4) is 11.5 Å². The van der Waals surface area contributed by atoms with Crippen LogP contribution in [0.2, 0.25) is 0 Å². The second-order valence-electron chi connectivity index (χ2n) is 5.84. The molecule has 1 heterocycles. The highest BCUT2D eigenvalue weighted by Crippen LogP contribution is 2.35. The lowest BCUT2D eigenvalue weighted by Gasteiger charge is -2.24. The van der Waals surface area contributed by atoms with Crippen molar-refractivity contribution in [2.45, 2.75) is 11.4 Å². The fourth-order valence-corrected chi connectivity index (χ4v) is 3.46. The van der Waals surface area contributed by atoms with Gasteiger partial charge in [0.15, 0.2) is 0 Å². The van der Waals surface area contributed by atoms with E-state index in [-0.39, 0.29) is 12.4 Å². The van der Waals surface area contributed by atoms with E-state index in [0.29, 0.717) is 41.1 Å². The van der Waals surface area contributed by atoms with E-state index in [1.54, 1.807) is 18.2 Å². The number of pyridine rings is 1. The van der Waals surface area contributed by atoms with Gasteiger partial charge in [-0.3, -0.25) is 4.31 Å². The van der Waals surface area contributed by atoms with Crippen LogP contribution in [-0.4, -0.2) is 19.2 Å². The van der Waals surface area contributed by atoms with Crippen LogP contribution in [0.1, 0.15) is 5.56 Å². The van der Waals surface area contributed by atoms with Crippen LogP contribution in [0, 0.1) is 23.3 Å². The first-order valence-corrected chi connectivity index (χ1v) is 9.11. The summed E-state index contributed by atoms with van der Waals surface area (Å²) in [6.45, 7) is 0.104. The van der Waals surface area contributed by atoms with Gasteiger partial charge in [0, 0.05) is 23.8 Å². The zero-order chi connectivity index (χ0) is 21.0. The van der Waals surface area contributed by atoms with Gasteiger partial charge in [0.25, 0.3) is 0 Å². The summed E-state index contributed by atoms with van der Waals surface area (Å²) in [6, 6.07) is 8.83. The van der Waals surface area contributed by atoms with Crippen molar-refractivity contribution in [3.63, 3.8) is 0 Å². The summed E-state index contributed by atoms with van der Waals surface area (Å²) in [5.41, 5.74) is 0.662. The van der Waals surface area contributed by atoms with Gasteiger partial charge in [0.05, 0.1) is 27.0 Å². The van der Waals surface area contributed by atoms with Gasteiger partial charge in [0.1, 0.15) is 45.5 Å². The van der Waals surface area contributed by atoms with Gasteiger partial charge in [-0.05, 0) is 36.2 Å². The molecule has 152 valence electrons. The molecule has 9 heteroatoms. The molecule has 0 saturated carbocycles. The molecule has 0 aliphatic carbocycles. The van der Waals surface area contributed by atoms with Crippen LogP contribution in [0.25, 0.3) is 0 Å². The molecular weight excluding hydrogens is 408 g/mol. The number of methoxy groups -OCH3 is 2.